The van der Waals surface area contributed by atoms with Crippen LogP contribution in [0.3, 0.4) is 0 Å². The standard InChI is InChI=1S/C16H11Cl2NS/c17-10-14-15(11-4-2-1-3-5-11)19-16(20-14)12-6-8-13(18)9-7-12/h1-9H,10H2. The molecular formula is C16H11Cl2NS. The molecule has 2 aromatic carbocycles. The van der Waals surface area contributed by atoms with E-state index in [0.717, 1.165) is 31.7 Å². The summed E-state index contributed by atoms with van der Waals surface area (Å²) in [6, 6.07) is 17.8. The fourth-order valence-electron chi connectivity index (χ4n) is 1.98. The molecule has 4 heteroatoms. The van der Waals surface area contributed by atoms with Crippen molar-refractivity contribution in [3.05, 3.63) is 64.5 Å². The van der Waals surface area contributed by atoms with Crippen molar-refractivity contribution in [2.45, 2.75) is 5.88 Å². The molecule has 0 saturated carbocycles. The molecule has 100 valence electrons. The minimum absolute atomic E-state index is 0.468. The van der Waals surface area contributed by atoms with E-state index in [0.29, 0.717) is 5.88 Å². The van der Waals surface area contributed by atoms with Gasteiger partial charge in [0.15, 0.2) is 0 Å². The van der Waals surface area contributed by atoms with Crippen LogP contribution in [0.1, 0.15) is 4.88 Å². The molecule has 0 unspecified atom stereocenters. The summed E-state index contributed by atoms with van der Waals surface area (Å²) >= 11 is 13.6. The maximum absolute atomic E-state index is 6.06. The first-order valence-electron chi connectivity index (χ1n) is 6.15. The number of hydrogen-bond acceptors (Lipinski definition) is 2. The molecule has 0 aliphatic rings. The first kappa shape index (κ1) is 13.6. The number of rotatable bonds is 3. The molecule has 1 nitrogen and oxygen atoms in total. The highest BCUT2D eigenvalue weighted by atomic mass is 35.5. The Bertz CT molecular complexity index is 705. The molecular weight excluding hydrogens is 309 g/mol. The Morgan fingerprint density at radius 2 is 1.60 bits per heavy atom. The fourth-order valence-corrected chi connectivity index (χ4v) is 3.34. The minimum atomic E-state index is 0.468. The zero-order valence-electron chi connectivity index (χ0n) is 10.5. The van der Waals surface area contributed by atoms with Gasteiger partial charge in [0.25, 0.3) is 0 Å². The number of aromatic nitrogens is 1. The normalized spacial score (nSPS) is 10.7. The van der Waals surface area contributed by atoms with Crippen molar-refractivity contribution < 1.29 is 0 Å². The molecule has 0 bridgehead atoms. The lowest BCUT2D eigenvalue weighted by molar-refractivity contribution is 1.35. The zero-order valence-corrected chi connectivity index (χ0v) is 12.8. The average molecular weight is 320 g/mol. The molecule has 0 spiro atoms. The Morgan fingerprint density at radius 1 is 0.900 bits per heavy atom. The molecule has 0 fully saturated rings. The van der Waals surface area contributed by atoms with Crippen molar-refractivity contribution in [1.82, 2.24) is 4.98 Å². The molecule has 0 saturated heterocycles. The Balaban J connectivity index is 2.07. The van der Waals surface area contributed by atoms with E-state index in [4.69, 9.17) is 28.2 Å². The van der Waals surface area contributed by atoms with E-state index < -0.39 is 0 Å². The predicted molar refractivity (Wildman–Crippen MR) is 87.6 cm³/mol. The summed E-state index contributed by atoms with van der Waals surface area (Å²) < 4.78 is 0. The first-order valence-corrected chi connectivity index (χ1v) is 7.88. The van der Waals surface area contributed by atoms with Gasteiger partial charge in [0, 0.05) is 21.0 Å². The van der Waals surface area contributed by atoms with Gasteiger partial charge in [-0.25, -0.2) is 4.98 Å². The third-order valence-corrected chi connectivity index (χ3v) is 4.74. The summed E-state index contributed by atoms with van der Waals surface area (Å²) in [6.45, 7) is 0. The van der Waals surface area contributed by atoms with Gasteiger partial charge >= 0.3 is 0 Å². The van der Waals surface area contributed by atoms with E-state index in [-0.39, 0.29) is 0 Å². The Hall–Kier alpha value is -1.35. The summed E-state index contributed by atoms with van der Waals surface area (Å²) in [7, 11) is 0. The van der Waals surface area contributed by atoms with Crippen molar-refractivity contribution in [2.24, 2.45) is 0 Å². The quantitative estimate of drug-likeness (QED) is 0.550. The molecule has 3 rings (SSSR count). The van der Waals surface area contributed by atoms with Gasteiger partial charge < -0.3 is 0 Å². The molecule has 0 atom stereocenters. The average Bonchev–Trinajstić information content (AvgIpc) is 2.93. The minimum Gasteiger partial charge on any atom is -0.236 e. The van der Waals surface area contributed by atoms with Gasteiger partial charge in [-0.3, -0.25) is 0 Å². The molecule has 0 radical (unpaired) electrons. The van der Waals surface area contributed by atoms with E-state index in [9.17, 15) is 0 Å². The van der Waals surface area contributed by atoms with Crippen molar-refractivity contribution in [3.8, 4) is 21.8 Å². The molecule has 0 aliphatic heterocycles. The van der Waals surface area contributed by atoms with Gasteiger partial charge in [-0.05, 0) is 12.1 Å². The molecule has 1 heterocycles. The second kappa shape index (κ2) is 5.96. The van der Waals surface area contributed by atoms with Crippen molar-refractivity contribution in [1.29, 1.82) is 0 Å². The number of alkyl halides is 1. The van der Waals surface area contributed by atoms with E-state index in [1.807, 2.05) is 42.5 Å². The topological polar surface area (TPSA) is 12.9 Å². The second-order valence-corrected chi connectivity index (χ2v) is 6.08. The lowest BCUT2D eigenvalue weighted by Gasteiger charge is -1.98. The maximum atomic E-state index is 6.06. The van der Waals surface area contributed by atoms with E-state index in [1.165, 1.54) is 0 Å². The fraction of sp³-hybridized carbons (Fsp3) is 0.0625. The lowest BCUT2D eigenvalue weighted by atomic mass is 10.1. The number of benzene rings is 2. The van der Waals surface area contributed by atoms with Crippen LogP contribution in [0, 0.1) is 0 Å². The Kier molecular flexibility index (Phi) is 4.06. The van der Waals surface area contributed by atoms with Gasteiger partial charge in [0.1, 0.15) is 5.01 Å². The number of halogens is 2. The molecule has 0 aliphatic carbocycles. The van der Waals surface area contributed by atoms with Crippen LogP contribution in [0.15, 0.2) is 54.6 Å². The van der Waals surface area contributed by atoms with Crippen molar-refractivity contribution >= 4 is 34.5 Å². The summed E-state index contributed by atoms with van der Waals surface area (Å²) in [5.74, 6) is 0.468. The van der Waals surface area contributed by atoms with Crippen molar-refractivity contribution in [2.75, 3.05) is 0 Å². The smallest absolute Gasteiger partial charge is 0.124 e. The summed E-state index contributed by atoms with van der Waals surface area (Å²) in [6.07, 6.45) is 0. The van der Waals surface area contributed by atoms with E-state index in [1.54, 1.807) is 11.3 Å². The molecule has 0 amide bonds. The van der Waals surface area contributed by atoms with Gasteiger partial charge in [-0.2, -0.15) is 0 Å². The van der Waals surface area contributed by atoms with Crippen LogP contribution in [-0.4, -0.2) is 4.98 Å². The highest BCUT2D eigenvalue weighted by molar-refractivity contribution is 7.15. The van der Waals surface area contributed by atoms with Gasteiger partial charge in [-0.15, -0.1) is 22.9 Å². The molecule has 1 aromatic heterocycles. The second-order valence-electron chi connectivity index (χ2n) is 4.30. The van der Waals surface area contributed by atoms with Gasteiger partial charge in [0.2, 0.25) is 0 Å². The third-order valence-electron chi connectivity index (χ3n) is 2.96. The predicted octanol–water partition coefficient (Wildman–Crippen LogP) is 5.87. The van der Waals surface area contributed by atoms with Gasteiger partial charge in [-0.1, -0.05) is 54.1 Å². The Morgan fingerprint density at radius 3 is 2.25 bits per heavy atom. The van der Waals surface area contributed by atoms with Crippen LogP contribution in [0.2, 0.25) is 5.02 Å². The number of thiazole rings is 1. The van der Waals surface area contributed by atoms with E-state index >= 15 is 0 Å². The van der Waals surface area contributed by atoms with Crippen LogP contribution in [0.4, 0.5) is 0 Å². The number of nitrogens with zero attached hydrogens (tertiary/aromatic N) is 1. The van der Waals surface area contributed by atoms with Crippen LogP contribution >= 0.6 is 34.5 Å². The van der Waals surface area contributed by atoms with Gasteiger partial charge in [0.05, 0.1) is 11.6 Å². The summed E-state index contributed by atoms with van der Waals surface area (Å²) in [5.41, 5.74) is 3.13. The highest BCUT2D eigenvalue weighted by Crippen LogP contribution is 2.35. The van der Waals surface area contributed by atoms with Crippen LogP contribution in [0.5, 0.6) is 0 Å². The Labute approximate surface area is 131 Å². The van der Waals surface area contributed by atoms with Crippen molar-refractivity contribution in [3.63, 3.8) is 0 Å². The highest BCUT2D eigenvalue weighted by Gasteiger charge is 2.13. The lowest BCUT2D eigenvalue weighted by Crippen LogP contribution is -1.82. The third kappa shape index (κ3) is 2.73. The molecule has 0 N–H and O–H groups in total. The first-order chi connectivity index (χ1) is 9.78. The van der Waals surface area contributed by atoms with Crippen LogP contribution in [-0.2, 0) is 5.88 Å². The molecule has 20 heavy (non-hydrogen) atoms. The summed E-state index contributed by atoms with van der Waals surface area (Å²) in [4.78, 5) is 5.83. The molecule has 3 aromatic rings. The zero-order chi connectivity index (χ0) is 13.9. The summed E-state index contributed by atoms with van der Waals surface area (Å²) in [5, 5.41) is 1.70. The SMILES string of the molecule is ClCc1sc(-c2ccc(Cl)cc2)nc1-c1ccccc1. The number of hydrogen-bond donors (Lipinski definition) is 0. The van der Waals surface area contributed by atoms with E-state index in [2.05, 4.69) is 12.1 Å². The van der Waals surface area contributed by atoms with Crippen LogP contribution < -0.4 is 0 Å². The largest absolute Gasteiger partial charge is 0.236 e. The van der Waals surface area contributed by atoms with Crippen LogP contribution in [0.25, 0.3) is 21.8 Å². The monoisotopic (exact) mass is 319 g/mol. The maximum Gasteiger partial charge on any atom is 0.124 e.